The molecule has 0 bridgehead atoms. The Hall–Kier alpha value is -3.28. The van der Waals surface area contributed by atoms with Gasteiger partial charge < -0.3 is 32.5 Å². The molecule has 2 atom stereocenters. The van der Waals surface area contributed by atoms with Crippen LogP contribution in [0.3, 0.4) is 0 Å². The molecular weight excluding hydrogens is 554 g/mol. The van der Waals surface area contributed by atoms with Gasteiger partial charge >= 0.3 is 5.97 Å². The first-order valence-corrected chi connectivity index (χ1v) is 13.1. The van der Waals surface area contributed by atoms with Gasteiger partial charge in [-0.2, -0.15) is 0 Å². The predicted molar refractivity (Wildman–Crippen MR) is 136 cm³/mol. The Morgan fingerprint density at radius 1 is 1.33 bits per heavy atom. The minimum Gasteiger partial charge on any atom is -0.477 e. The normalized spacial score (nSPS) is 19.6. The molecule has 2 aliphatic rings. The number of oxime groups is 1. The van der Waals surface area contributed by atoms with E-state index in [0.29, 0.717) is 11.3 Å². The van der Waals surface area contributed by atoms with E-state index in [9.17, 15) is 19.5 Å². The Bertz CT molecular complexity index is 1300. The quantitative estimate of drug-likeness (QED) is 0.0940. The summed E-state index contributed by atoms with van der Waals surface area (Å²) < 4.78 is 0.121. The van der Waals surface area contributed by atoms with Crippen LogP contribution in [-0.2, 0) is 19.2 Å². The molecule has 36 heavy (non-hydrogen) atoms. The van der Waals surface area contributed by atoms with E-state index in [2.05, 4.69) is 25.4 Å². The van der Waals surface area contributed by atoms with Crippen molar-refractivity contribution in [3.8, 4) is 0 Å². The summed E-state index contributed by atoms with van der Waals surface area (Å²) in [5.41, 5.74) is 17.1. The molecule has 0 aliphatic carbocycles. The number of carboxylic acid groups (broad SMARTS) is 1. The number of nitrogens with one attached hydrogen (secondary N) is 1. The second kappa shape index (κ2) is 10.4. The maximum absolute atomic E-state index is 12.9. The van der Waals surface area contributed by atoms with Crippen molar-refractivity contribution in [2.24, 2.45) is 5.16 Å². The van der Waals surface area contributed by atoms with Gasteiger partial charge in [0.2, 0.25) is 0 Å². The van der Waals surface area contributed by atoms with Crippen molar-refractivity contribution >= 4 is 86.7 Å². The second-order valence-electron chi connectivity index (χ2n) is 7.20. The summed E-state index contributed by atoms with van der Waals surface area (Å²) in [7, 11) is 1.23. The van der Waals surface area contributed by atoms with Crippen LogP contribution >= 0.6 is 46.5 Å². The largest absolute Gasteiger partial charge is 0.477 e. The number of amides is 2. The minimum absolute atomic E-state index is 0.00767. The van der Waals surface area contributed by atoms with Crippen molar-refractivity contribution in [2.75, 3.05) is 35.8 Å². The summed E-state index contributed by atoms with van der Waals surface area (Å²) in [5, 5.41) is 15.8. The fraction of sp³-hybridized carbons (Fsp3) is 0.278. The summed E-state index contributed by atoms with van der Waals surface area (Å²) in [6, 6.07) is 0.403. The van der Waals surface area contributed by atoms with Crippen molar-refractivity contribution in [3.05, 3.63) is 27.4 Å². The molecule has 0 saturated carbocycles. The van der Waals surface area contributed by atoms with Gasteiger partial charge in [0.25, 0.3) is 11.8 Å². The van der Waals surface area contributed by atoms with Crippen molar-refractivity contribution in [2.45, 2.75) is 16.6 Å². The number of nitrogens with two attached hydrogens (primary N) is 3. The van der Waals surface area contributed by atoms with E-state index in [0.717, 1.165) is 28.0 Å². The zero-order valence-corrected chi connectivity index (χ0v) is 21.5. The molecular formula is C18H18ClN9O5S3. The molecule has 2 amide bonds. The van der Waals surface area contributed by atoms with Crippen LogP contribution in [0.15, 0.2) is 27.6 Å². The number of halogens is 1. The predicted octanol–water partition coefficient (Wildman–Crippen LogP) is 0.215. The standard InChI is InChI=1S/C18H18ClN9O5S3/c1-33-27-9(8-12(19)36-17(22)26-8)13(29)25-10-14(30)28-11(16(31)32)5(3-34-15(10)28)4-35-18-23-6(20)2-7(21)24-18/h2,10,15H,3-4H2,1H3,(H2,22,26)(H,25,29)(H,31,32)(H4,20,21,23,24)/t10?,15-/m0/s1. The molecule has 1 unspecified atom stereocenters. The molecule has 2 aromatic rings. The first-order valence-electron chi connectivity index (χ1n) is 9.87. The van der Waals surface area contributed by atoms with Crippen LogP contribution < -0.4 is 22.5 Å². The third-order valence-electron chi connectivity index (χ3n) is 4.88. The fourth-order valence-electron chi connectivity index (χ4n) is 3.43. The summed E-state index contributed by atoms with van der Waals surface area (Å²) in [4.78, 5) is 55.9. The number of nitrogen functional groups attached to an aromatic ring is 3. The molecule has 2 aromatic heterocycles. The van der Waals surface area contributed by atoms with Gasteiger partial charge in [-0.1, -0.05) is 39.9 Å². The number of carbonyl (C=O) groups excluding carboxylic acids is 2. The number of rotatable bonds is 8. The first-order chi connectivity index (χ1) is 17.1. The zero-order chi connectivity index (χ0) is 26.1. The number of aliphatic carboxylic acids is 1. The maximum Gasteiger partial charge on any atom is 0.352 e. The number of aromatic nitrogens is 3. The van der Waals surface area contributed by atoms with Crippen molar-refractivity contribution in [1.29, 1.82) is 0 Å². The van der Waals surface area contributed by atoms with E-state index in [1.165, 1.54) is 24.9 Å². The number of fused-ring (bicyclic) bond motifs is 1. The number of hydrogen-bond donors (Lipinski definition) is 5. The number of thiazole rings is 1. The first kappa shape index (κ1) is 25.8. The van der Waals surface area contributed by atoms with E-state index in [1.807, 2.05) is 0 Å². The molecule has 0 radical (unpaired) electrons. The lowest BCUT2D eigenvalue weighted by Crippen LogP contribution is -2.71. The van der Waals surface area contributed by atoms with Crippen LogP contribution in [0.1, 0.15) is 5.69 Å². The number of thioether (sulfide) groups is 2. The Balaban J connectivity index is 1.51. The highest BCUT2D eigenvalue weighted by Gasteiger charge is 2.54. The zero-order valence-electron chi connectivity index (χ0n) is 18.3. The van der Waals surface area contributed by atoms with Gasteiger partial charge in [0.15, 0.2) is 16.0 Å². The van der Waals surface area contributed by atoms with Crippen molar-refractivity contribution < 1.29 is 24.3 Å². The topological polar surface area (TPSA) is 225 Å². The molecule has 1 fully saturated rings. The molecule has 4 rings (SSSR count). The summed E-state index contributed by atoms with van der Waals surface area (Å²) >= 11 is 9.48. The van der Waals surface area contributed by atoms with E-state index < -0.39 is 29.2 Å². The second-order valence-corrected chi connectivity index (χ2v) is 10.9. The molecule has 1 saturated heterocycles. The third kappa shape index (κ3) is 4.99. The van der Waals surface area contributed by atoms with Crippen molar-refractivity contribution in [3.63, 3.8) is 0 Å². The molecule has 18 heteroatoms. The average molecular weight is 572 g/mol. The number of hydrogen-bond acceptors (Lipinski definition) is 14. The summed E-state index contributed by atoms with van der Waals surface area (Å²) in [6.45, 7) is 0. The number of nitrogens with zero attached hydrogens (tertiary/aromatic N) is 5. The van der Waals surface area contributed by atoms with Crippen LogP contribution in [0.5, 0.6) is 0 Å². The Morgan fingerprint density at radius 2 is 2.03 bits per heavy atom. The van der Waals surface area contributed by atoms with E-state index in [-0.39, 0.29) is 49.1 Å². The third-order valence-corrected chi connectivity index (χ3v) is 8.24. The summed E-state index contributed by atoms with van der Waals surface area (Å²) in [5.74, 6) is -1.78. The Labute approximate surface area is 220 Å². The fourth-order valence-corrected chi connectivity index (χ4v) is 6.71. The number of carboxylic acids is 1. The van der Waals surface area contributed by atoms with Gasteiger partial charge in [0.1, 0.15) is 45.9 Å². The lowest BCUT2D eigenvalue weighted by atomic mass is 10.0. The monoisotopic (exact) mass is 571 g/mol. The number of β-lactam (4-membered cyclic amide) rings is 1. The van der Waals surface area contributed by atoms with E-state index in [4.69, 9.17) is 33.6 Å². The van der Waals surface area contributed by atoms with Crippen LogP contribution in [0, 0.1) is 0 Å². The molecule has 0 aromatic carbocycles. The van der Waals surface area contributed by atoms with Gasteiger partial charge in [-0.3, -0.25) is 14.5 Å². The number of carbonyl (C=O) groups is 3. The molecule has 8 N–H and O–H groups in total. The Kier molecular flexibility index (Phi) is 7.43. The van der Waals surface area contributed by atoms with Crippen LogP contribution in [0.25, 0.3) is 0 Å². The average Bonchev–Trinajstić information content (AvgIpc) is 3.15. The molecule has 190 valence electrons. The van der Waals surface area contributed by atoms with E-state index in [1.54, 1.807) is 0 Å². The highest BCUT2D eigenvalue weighted by molar-refractivity contribution is 8.01. The van der Waals surface area contributed by atoms with Crippen molar-refractivity contribution in [1.82, 2.24) is 25.2 Å². The summed E-state index contributed by atoms with van der Waals surface area (Å²) in [6.07, 6.45) is 0. The lowest BCUT2D eigenvalue weighted by molar-refractivity contribution is -0.150. The minimum atomic E-state index is -1.27. The van der Waals surface area contributed by atoms with Crippen LogP contribution in [0.2, 0.25) is 4.34 Å². The Morgan fingerprint density at radius 3 is 2.61 bits per heavy atom. The van der Waals surface area contributed by atoms with Gasteiger partial charge in [-0.15, -0.1) is 11.8 Å². The van der Waals surface area contributed by atoms with E-state index >= 15 is 0 Å². The van der Waals surface area contributed by atoms with Gasteiger partial charge in [0.05, 0.1) is 0 Å². The SMILES string of the molecule is CON=C(C(=O)NC1C(=O)N2C(C(=O)O)=C(CSc3nc(N)cc(N)n3)CS[C@@H]12)c1nc(N)sc1Cl. The van der Waals surface area contributed by atoms with Gasteiger partial charge in [0, 0.05) is 17.6 Å². The van der Waals surface area contributed by atoms with Gasteiger partial charge in [-0.25, -0.2) is 19.7 Å². The molecule has 14 nitrogen and oxygen atoms in total. The highest BCUT2D eigenvalue weighted by Crippen LogP contribution is 2.41. The van der Waals surface area contributed by atoms with Crippen LogP contribution in [-0.4, -0.2) is 78.5 Å². The number of anilines is 3. The molecule has 2 aliphatic heterocycles. The lowest BCUT2D eigenvalue weighted by Gasteiger charge is -2.49. The van der Waals surface area contributed by atoms with Gasteiger partial charge in [-0.05, 0) is 5.57 Å². The maximum atomic E-state index is 12.9. The molecule has 0 spiro atoms. The van der Waals surface area contributed by atoms with Crippen LogP contribution in [0.4, 0.5) is 16.8 Å². The molecule has 4 heterocycles. The highest BCUT2D eigenvalue weighted by atomic mass is 35.5. The smallest absolute Gasteiger partial charge is 0.352 e.